The van der Waals surface area contributed by atoms with Crippen molar-refractivity contribution in [3.63, 3.8) is 0 Å². The first-order chi connectivity index (χ1) is 14.8. The Kier molecular flexibility index (Phi) is 5.58. The van der Waals surface area contributed by atoms with Gasteiger partial charge in [0, 0.05) is 37.6 Å². The number of fused-ring (bicyclic) bond motifs is 1. The van der Waals surface area contributed by atoms with Gasteiger partial charge in [0.05, 0.1) is 36.0 Å². The van der Waals surface area contributed by atoms with Crippen LogP contribution in [0, 0.1) is 18.7 Å². The van der Waals surface area contributed by atoms with Crippen LogP contribution >= 0.6 is 0 Å². The predicted octanol–water partition coefficient (Wildman–Crippen LogP) is 3.19. The molecule has 0 spiro atoms. The van der Waals surface area contributed by atoms with Crippen molar-refractivity contribution in [1.82, 2.24) is 19.7 Å². The number of pyridine rings is 2. The van der Waals surface area contributed by atoms with E-state index in [2.05, 4.69) is 25.7 Å². The van der Waals surface area contributed by atoms with Crippen LogP contribution in [0.2, 0.25) is 0 Å². The zero-order chi connectivity index (χ0) is 22.1. The second kappa shape index (κ2) is 8.33. The minimum atomic E-state index is -0.360. The van der Waals surface area contributed by atoms with E-state index in [9.17, 15) is 9.18 Å². The van der Waals surface area contributed by atoms with Gasteiger partial charge in [-0.05, 0) is 24.5 Å². The number of carbonyl (C=O) groups excluding carboxylic acids is 1. The summed E-state index contributed by atoms with van der Waals surface area (Å²) in [5.74, 6) is 0.545. The van der Waals surface area contributed by atoms with Crippen molar-refractivity contribution in [3.8, 4) is 0 Å². The second-order valence-electron chi connectivity index (χ2n) is 8.19. The van der Waals surface area contributed by atoms with E-state index in [4.69, 9.17) is 0 Å². The number of nitrogens with zero attached hydrogens (tertiary/aromatic N) is 5. The summed E-state index contributed by atoms with van der Waals surface area (Å²) in [4.78, 5) is 23.0. The number of amides is 1. The standard InChI is InChI=1S/C22H26FN7O/c1-13(2)21-22(31)28-20-14(3)27-19(6-18(20)29(21)4)25-8-16-9-26-30(12-16)11-15-5-17(23)10-24-7-15/h5-7,9-10,12-13,21H,8,11H2,1-4H3,(H,25,27)(H,28,31)/t21-/m0/s1. The highest BCUT2D eigenvalue weighted by molar-refractivity contribution is 6.04. The maximum Gasteiger partial charge on any atom is 0.247 e. The van der Waals surface area contributed by atoms with Gasteiger partial charge in [-0.25, -0.2) is 9.37 Å². The van der Waals surface area contributed by atoms with Gasteiger partial charge in [-0.1, -0.05) is 13.8 Å². The molecular formula is C22H26FN7O. The number of carbonyl (C=O) groups is 1. The molecule has 1 atom stereocenters. The summed E-state index contributed by atoms with van der Waals surface area (Å²) in [6.45, 7) is 6.95. The maximum absolute atomic E-state index is 13.3. The highest BCUT2D eigenvalue weighted by Gasteiger charge is 2.34. The van der Waals surface area contributed by atoms with E-state index in [1.807, 2.05) is 45.0 Å². The van der Waals surface area contributed by atoms with E-state index in [-0.39, 0.29) is 23.7 Å². The smallest absolute Gasteiger partial charge is 0.247 e. The highest BCUT2D eigenvalue weighted by Crippen LogP contribution is 2.36. The molecule has 9 heteroatoms. The van der Waals surface area contributed by atoms with Gasteiger partial charge in [0.15, 0.2) is 0 Å². The Morgan fingerprint density at radius 2 is 2.03 bits per heavy atom. The summed E-state index contributed by atoms with van der Waals surface area (Å²) < 4.78 is 15.1. The SMILES string of the molecule is Cc1nc(NCc2cnn(Cc3cncc(F)c3)c2)cc2c1NC(=O)[C@H](C(C)C)N2C. The molecule has 4 rings (SSSR count). The third-order valence-electron chi connectivity index (χ3n) is 5.39. The molecule has 0 radical (unpaired) electrons. The minimum absolute atomic E-state index is 0.00322. The van der Waals surface area contributed by atoms with Crippen LogP contribution < -0.4 is 15.5 Å². The maximum atomic E-state index is 13.3. The lowest BCUT2D eigenvalue weighted by molar-refractivity contribution is -0.118. The molecule has 1 amide bonds. The van der Waals surface area contributed by atoms with E-state index < -0.39 is 0 Å². The van der Waals surface area contributed by atoms with Gasteiger partial charge in [-0.2, -0.15) is 5.10 Å². The lowest BCUT2D eigenvalue weighted by Crippen LogP contribution is -2.49. The topological polar surface area (TPSA) is 88.0 Å². The Labute approximate surface area is 180 Å². The van der Waals surface area contributed by atoms with E-state index in [0.717, 1.165) is 34.0 Å². The van der Waals surface area contributed by atoms with Crippen LogP contribution in [0.4, 0.5) is 21.6 Å². The molecule has 3 aromatic heterocycles. The molecule has 0 fully saturated rings. The van der Waals surface area contributed by atoms with Crippen LogP contribution in [0.3, 0.4) is 0 Å². The first-order valence-corrected chi connectivity index (χ1v) is 10.2. The van der Waals surface area contributed by atoms with Crippen molar-refractivity contribution < 1.29 is 9.18 Å². The number of hydrogen-bond donors (Lipinski definition) is 2. The molecule has 0 aromatic carbocycles. The molecule has 162 valence electrons. The lowest BCUT2D eigenvalue weighted by atomic mass is 9.98. The van der Waals surface area contributed by atoms with Gasteiger partial charge in [-0.15, -0.1) is 0 Å². The summed E-state index contributed by atoms with van der Waals surface area (Å²) in [7, 11) is 1.94. The van der Waals surface area contributed by atoms with Gasteiger partial charge in [-0.3, -0.25) is 14.5 Å². The Hall–Kier alpha value is -3.49. The molecule has 0 saturated carbocycles. The fourth-order valence-corrected chi connectivity index (χ4v) is 3.96. The van der Waals surface area contributed by atoms with Crippen LogP contribution in [0.5, 0.6) is 0 Å². The Morgan fingerprint density at radius 1 is 1.23 bits per heavy atom. The third-order valence-corrected chi connectivity index (χ3v) is 5.39. The highest BCUT2D eigenvalue weighted by atomic mass is 19.1. The van der Waals surface area contributed by atoms with Crippen molar-refractivity contribution >= 4 is 23.1 Å². The van der Waals surface area contributed by atoms with Gasteiger partial charge in [0.25, 0.3) is 0 Å². The van der Waals surface area contributed by atoms with Crippen LogP contribution in [0.15, 0.2) is 36.9 Å². The average molecular weight is 423 g/mol. The molecule has 31 heavy (non-hydrogen) atoms. The number of nitrogens with one attached hydrogen (secondary N) is 2. The van der Waals surface area contributed by atoms with Crippen molar-refractivity contribution in [1.29, 1.82) is 0 Å². The summed E-state index contributed by atoms with van der Waals surface area (Å²) in [5.41, 5.74) is 4.19. The fraction of sp³-hybridized carbons (Fsp3) is 0.364. The van der Waals surface area contributed by atoms with E-state index in [1.165, 1.54) is 12.3 Å². The van der Waals surface area contributed by atoms with Crippen LogP contribution in [-0.4, -0.2) is 38.7 Å². The van der Waals surface area contributed by atoms with Crippen molar-refractivity contribution in [2.75, 3.05) is 22.6 Å². The van der Waals surface area contributed by atoms with Gasteiger partial charge in [0.1, 0.15) is 17.7 Å². The number of halogens is 1. The molecule has 1 aliphatic heterocycles. The summed E-state index contributed by atoms with van der Waals surface area (Å²) >= 11 is 0. The number of rotatable bonds is 6. The minimum Gasteiger partial charge on any atom is -0.366 e. The summed E-state index contributed by atoms with van der Waals surface area (Å²) in [6, 6.07) is 3.18. The fourth-order valence-electron chi connectivity index (χ4n) is 3.96. The second-order valence-corrected chi connectivity index (χ2v) is 8.19. The molecule has 0 saturated heterocycles. The van der Waals surface area contributed by atoms with Crippen molar-refractivity contribution in [2.24, 2.45) is 5.92 Å². The first-order valence-electron chi connectivity index (χ1n) is 10.2. The molecule has 0 aliphatic carbocycles. The monoisotopic (exact) mass is 423 g/mol. The largest absolute Gasteiger partial charge is 0.366 e. The quantitative estimate of drug-likeness (QED) is 0.633. The number of aromatic nitrogens is 4. The van der Waals surface area contributed by atoms with Crippen LogP contribution in [-0.2, 0) is 17.9 Å². The summed E-state index contributed by atoms with van der Waals surface area (Å²) in [6.07, 6.45) is 6.49. The molecule has 0 unspecified atom stereocenters. The van der Waals surface area contributed by atoms with Gasteiger partial charge in [0.2, 0.25) is 5.91 Å². The Bertz CT molecular complexity index is 1110. The van der Waals surface area contributed by atoms with E-state index >= 15 is 0 Å². The molecule has 8 nitrogen and oxygen atoms in total. The summed E-state index contributed by atoms with van der Waals surface area (Å²) in [5, 5.41) is 10.7. The normalized spacial score (nSPS) is 15.7. The number of anilines is 3. The molecule has 1 aliphatic rings. The van der Waals surface area contributed by atoms with E-state index in [1.54, 1.807) is 17.1 Å². The lowest BCUT2D eigenvalue weighted by Gasteiger charge is -2.38. The molecule has 3 aromatic rings. The van der Waals surface area contributed by atoms with Crippen molar-refractivity contribution in [2.45, 2.75) is 39.9 Å². The van der Waals surface area contributed by atoms with Crippen LogP contribution in [0.25, 0.3) is 0 Å². The Morgan fingerprint density at radius 3 is 2.77 bits per heavy atom. The first kappa shape index (κ1) is 20.8. The molecule has 4 heterocycles. The third kappa shape index (κ3) is 4.35. The number of aryl methyl sites for hydroxylation is 1. The zero-order valence-corrected chi connectivity index (χ0v) is 18.1. The Balaban J connectivity index is 1.47. The number of hydrogen-bond acceptors (Lipinski definition) is 6. The molecular weight excluding hydrogens is 397 g/mol. The predicted molar refractivity (Wildman–Crippen MR) is 117 cm³/mol. The van der Waals surface area contributed by atoms with Gasteiger partial charge >= 0.3 is 0 Å². The average Bonchev–Trinajstić information content (AvgIpc) is 3.14. The molecule has 0 bridgehead atoms. The van der Waals surface area contributed by atoms with Crippen molar-refractivity contribution in [3.05, 3.63) is 59.6 Å². The zero-order valence-electron chi connectivity index (χ0n) is 18.1. The van der Waals surface area contributed by atoms with E-state index in [0.29, 0.717) is 13.1 Å². The number of likely N-dealkylation sites (N-methyl/N-ethyl adjacent to an activating group) is 1. The van der Waals surface area contributed by atoms with Crippen LogP contribution in [0.1, 0.15) is 30.7 Å². The van der Waals surface area contributed by atoms with Gasteiger partial charge < -0.3 is 15.5 Å². The molecule has 2 N–H and O–H groups in total.